The number of carbonyl (C=O) groups is 1. The Morgan fingerprint density at radius 2 is 2.12 bits per heavy atom. The lowest BCUT2D eigenvalue weighted by Crippen LogP contribution is -2.21. The molecule has 1 heterocycles. The molecule has 17 heavy (non-hydrogen) atoms. The SMILES string of the molecule is CCC(CC)CNCc1sccc1NC(C)=O. The number of hydrogen-bond donors (Lipinski definition) is 2. The fraction of sp³-hybridized carbons (Fsp3) is 0.615. The Labute approximate surface area is 108 Å². The van der Waals surface area contributed by atoms with Crippen LogP contribution in [0.1, 0.15) is 38.5 Å². The van der Waals surface area contributed by atoms with Gasteiger partial charge in [-0.2, -0.15) is 0 Å². The van der Waals surface area contributed by atoms with Crippen LogP contribution in [0.2, 0.25) is 0 Å². The van der Waals surface area contributed by atoms with Crippen LogP contribution in [-0.2, 0) is 11.3 Å². The molecule has 0 unspecified atom stereocenters. The zero-order valence-corrected chi connectivity index (χ0v) is 11.7. The van der Waals surface area contributed by atoms with E-state index >= 15 is 0 Å². The van der Waals surface area contributed by atoms with Crippen LogP contribution in [0.5, 0.6) is 0 Å². The summed E-state index contributed by atoms with van der Waals surface area (Å²) in [5.41, 5.74) is 0.944. The van der Waals surface area contributed by atoms with E-state index in [1.165, 1.54) is 17.7 Å². The number of amides is 1. The molecule has 1 amide bonds. The molecule has 2 N–H and O–H groups in total. The van der Waals surface area contributed by atoms with Gasteiger partial charge in [-0.15, -0.1) is 11.3 Å². The predicted octanol–water partition coefficient (Wildman–Crippen LogP) is 3.23. The molecule has 0 saturated heterocycles. The summed E-state index contributed by atoms with van der Waals surface area (Å²) in [5.74, 6) is 0.740. The van der Waals surface area contributed by atoms with Crippen LogP contribution in [0.25, 0.3) is 0 Å². The smallest absolute Gasteiger partial charge is 0.221 e. The highest BCUT2D eigenvalue weighted by molar-refractivity contribution is 7.10. The quantitative estimate of drug-likeness (QED) is 0.784. The van der Waals surface area contributed by atoms with Crippen molar-refractivity contribution < 1.29 is 4.79 Å². The van der Waals surface area contributed by atoms with Crippen molar-refractivity contribution in [2.45, 2.75) is 40.2 Å². The van der Waals surface area contributed by atoms with Gasteiger partial charge in [-0.25, -0.2) is 0 Å². The van der Waals surface area contributed by atoms with Crippen LogP contribution in [-0.4, -0.2) is 12.5 Å². The lowest BCUT2D eigenvalue weighted by molar-refractivity contribution is -0.114. The minimum Gasteiger partial charge on any atom is -0.325 e. The van der Waals surface area contributed by atoms with E-state index in [0.717, 1.165) is 24.7 Å². The molecule has 0 radical (unpaired) electrons. The van der Waals surface area contributed by atoms with Gasteiger partial charge in [0, 0.05) is 18.3 Å². The Morgan fingerprint density at radius 3 is 2.71 bits per heavy atom. The largest absolute Gasteiger partial charge is 0.325 e. The molecule has 0 atom stereocenters. The van der Waals surface area contributed by atoms with Gasteiger partial charge < -0.3 is 10.6 Å². The Bertz CT molecular complexity index is 345. The number of rotatable bonds is 7. The highest BCUT2D eigenvalue weighted by Crippen LogP contribution is 2.22. The minimum absolute atomic E-state index is 0.00959. The third kappa shape index (κ3) is 4.88. The van der Waals surface area contributed by atoms with E-state index in [2.05, 4.69) is 24.5 Å². The predicted molar refractivity (Wildman–Crippen MR) is 74.4 cm³/mol. The summed E-state index contributed by atoms with van der Waals surface area (Å²) in [6.07, 6.45) is 2.43. The highest BCUT2D eigenvalue weighted by atomic mass is 32.1. The summed E-state index contributed by atoms with van der Waals surface area (Å²) in [5, 5.41) is 8.33. The summed E-state index contributed by atoms with van der Waals surface area (Å²) in [4.78, 5) is 12.2. The fourth-order valence-corrected chi connectivity index (χ4v) is 2.55. The molecule has 0 saturated carbocycles. The van der Waals surface area contributed by atoms with Gasteiger partial charge in [0.15, 0.2) is 0 Å². The number of thiophene rings is 1. The molecule has 1 rings (SSSR count). The monoisotopic (exact) mass is 254 g/mol. The van der Waals surface area contributed by atoms with E-state index < -0.39 is 0 Å². The molecular formula is C13H22N2OS. The summed E-state index contributed by atoms with van der Waals surface area (Å²) in [7, 11) is 0. The third-order valence-electron chi connectivity index (χ3n) is 2.93. The second-order valence-corrected chi connectivity index (χ2v) is 5.25. The summed E-state index contributed by atoms with van der Waals surface area (Å²) >= 11 is 1.68. The fourth-order valence-electron chi connectivity index (χ4n) is 1.75. The second-order valence-electron chi connectivity index (χ2n) is 4.25. The van der Waals surface area contributed by atoms with Gasteiger partial charge >= 0.3 is 0 Å². The van der Waals surface area contributed by atoms with Crippen LogP contribution in [0.15, 0.2) is 11.4 Å². The van der Waals surface area contributed by atoms with Gasteiger partial charge in [-0.05, 0) is 23.9 Å². The van der Waals surface area contributed by atoms with E-state index in [0.29, 0.717) is 0 Å². The Kier molecular flexibility index (Phi) is 6.22. The maximum atomic E-state index is 11.0. The zero-order valence-electron chi connectivity index (χ0n) is 10.9. The molecular weight excluding hydrogens is 232 g/mol. The molecule has 0 bridgehead atoms. The van der Waals surface area contributed by atoms with Crippen molar-refractivity contribution in [2.75, 3.05) is 11.9 Å². The van der Waals surface area contributed by atoms with E-state index in [1.54, 1.807) is 18.3 Å². The molecule has 0 spiro atoms. The van der Waals surface area contributed by atoms with E-state index in [1.807, 2.05) is 11.4 Å². The number of anilines is 1. The van der Waals surface area contributed by atoms with Gasteiger partial charge in [-0.3, -0.25) is 4.79 Å². The molecule has 0 aliphatic carbocycles. The first-order chi connectivity index (χ1) is 8.17. The van der Waals surface area contributed by atoms with Crippen molar-refractivity contribution in [3.63, 3.8) is 0 Å². The van der Waals surface area contributed by atoms with Crippen molar-refractivity contribution in [3.05, 3.63) is 16.3 Å². The van der Waals surface area contributed by atoms with E-state index in [9.17, 15) is 4.79 Å². The van der Waals surface area contributed by atoms with Gasteiger partial charge in [0.25, 0.3) is 0 Å². The topological polar surface area (TPSA) is 41.1 Å². The van der Waals surface area contributed by atoms with Crippen molar-refractivity contribution >= 4 is 22.9 Å². The maximum absolute atomic E-state index is 11.0. The Morgan fingerprint density at radius 1 is 1.41 bits per heavy atom. The van der Waals surface area contributed by atoms with Gasteiger partial charge in [-0.1, -0.05) is 26.7 Å². The Hall–Kier alpha value is -0.870. The van der Waals surface area contributed by atoms with Crippen molar-refractivity contribution in [2.24, 2.45) is 5.92 Å². The molecule has 0 fully saturated rings. The van der Waals surface area contributed by atoms with Gasteiger partial charge in [0.1, 0.15) is 0 Å². The maximum Gasteiger partial charge on any atom is 0.221 e. The van der Waals surface area contributed by atoms with Crippen molar-refractivity contribution in [3.8, 4) is 0 Å². The molecule has 0 aromatic carbocycles. The standard InChI is InChI=1S/C13H22N2OS/c1-4-11(5-2)8-14-9-13-12(6-7-17-13)15-10(3)16/h6-7,11,14H,4-5,8-9H2,1-3H3,(H,15,16). The summed E-state index contributed by atoms with van der Waals surface area (Å²) in [6.45, 7) is 7.88. The normalized spacial score (nSPS) is 10.8. The molecule has 96 valence electrons. The van der Waals surface area contributed by atoms with Crippen LogP contribution < -0.4 is 10.6 Å². The number of hydrogen-bond acceptors (Lipinski definition) is 3. The number of nitrogens with one attached hydrogen (secondary N) is 2. The highest BCUT2D eigenvalue weighted by Gasteiger charge is 2.07. The summed E-state index contributed by atoms with van der Waals surface area (Å²) < 4.78 is 0. The van der Waals surface area contributed by atoms with Crippen LogP contribution in [0.4, 0.5) is 5.69 Å². The lowest BCUT2D eigenvalue weighted by atomic mass is 10.0. The van der Waals surface area contributed by atoms with Crippen LogP contribution in [0, 0.1) is 5.92 Å². The average molecular weight is 254 g/mol. The number of carbonyl (C=O) groups excluding carboxylic acids is 1. The first kappa shape index (κ1) is 14.2. The Balaban J connectivity index is 2.41. The first-order valence-corrected chi connectivity index (χ1v) is 7.10. The molecule has 0 aliphatic heterocycles. The van der Waals surface area contributed by atoms with E-state index in [4.69, 9.17) is 0 Å². The zero-order chi connectivity index (χ0) is 12.7. The molecule has 1 aromatic heterocycles. The lowest BCUT2D eigenvalue weighted by Gasteiger charge is -2.13. The molecule has 1 aromatic rings. The third-order valence-corrected chi connectivity index (χ3v) is 3.85. The second kappa shape index (κ2) is 7.45. The van der Waals surface area contributed by atoms with Crippen LogP contribution in [0.3, 0.4) is 0 Å². The molecule has 0 aliphatic rings. The molecule has 4 heteroatoms. The summed E-state index contributed by atoms with van der Waals surface area (Å²) in [6, 6.07) is 1.96. The average Bonchev–Trinajstić information content (AvgIpc) is 2.71. The van der Waals surface area contributed by atoms with Crippen molar-refractivity contribution in [1.29, 1.82) is 0 Å². The van der Waals surface area contributed by atoms with E-state index in [-0.39, 0.29) is 5.91 Å². The van der Waals surface area contributed by atoms with Gasteiger partial charge in [0.05, 0.1) is 5.69 Å². The minimum atomic E-state index is -0.00959. The first-order valence-electron chi connectivity index (χ1n) is 6.22. The van der Waals surface area contributed by atoms with Crippen molar-refractivity contribution in [1.82, 2.24) is 5.32 Å². The van der Waals surface area contributed by atoms with Gasteiger partial charge in [0.2, 0.25) is 5.91 Å². The van der Waals surface area contributed by atoms with Crippen LogP contribution >= 0.6 is 11.3 Å². The molecule has 3 nitrogen and oxygen atoms in total.